The van der Waals surface area contributed by atoms with E-state index in [1.165, 1.54) is 19.6 Å². The predicted molar refractivity (Wildman–Crippen MR) is 74.3 cm³/mol. The summed E-state index contributed by atoms with van der Waals surface area (Å²) in [5, 5.41) is 9.13. The molecule has 5 heteroatoms. The lowest BCUT2D eigenvalue weighted by Crippen LogP contribution is -2.16. The topological polar surface area (TPSA) is 55.8 Å². The zero-order valence-electron chi connectivity index (χ0n) is 12.1. The minimum absolute atomic E-state index is 0.00699. The molecule has 4 atom stereocenters. The van der Waals surface area contributed by atoms with E-state index in [1.807, 2.05) is 0 Å². The van der Waals surface area contributed by atoms with E-state index in [1.54, 1.807) is 0 Å². The van der Waals surface area contributed by atoms with Crippen LogP contribution in [0.4, 0.5) is 4.39 Å². The van der Waals surface area contributed by atoms with Crippen molar-refractivity contribution in [2.24, 2.45) is 17.8 Å². The fraction of sp³-hybridized carbons (Fsp3) is 0.562. The molecule has 4 nitrogen and oxygen atoms in total. The van der Waals surface area contributed by atoms with Gasteiger partial charge in [-0.2, -0.15) is 0 Å². The van der Waals surface area contributed by atoms with E-state index in [0.717, 1.165) is 24.8 Å². The molecule has 2 aliphatic rings. The smallest absolute Gasteiger partial charge is 0.339 e. The maximum absolute atomic E-state index is 14.0. The van der Waals surface area contributed by atoms with Crippen LogP contribution in [0.1, 0.15) is 36.5 Å². The fourth-order valence-electron chi connectivity index (χ4n) is 3.77. The highest BCUT2D eigenvalue weighted by Gasteiger charge is 2.55. The summed E-state index contributed by atoms with van der Waals surface area (Å²) in [6.45, 7) is 2.20. The molecule has 0 spiro atoms. The molecule has 2 saturated carbocycles. The number of fused-ring (bicyclic) bond motifs is 1. The van der Waals surface area contributed by atoms with Gasteiger partial charge in [0.2, 0.25) is 0 Å². The van der Waals surface area contributed by atoms with Crippen LogP contribution in [0, 0.1) is 23.6 Å². The van der Waals surface area contributed by atoms with Crippen LogP contribution < -0.4 is 9.47 Å². The Morgan fingerprint density at radius 1 is 1.33 bits per heavy atom. The molecule has 0 unspecified atom stereocenters. The third-order valence-electron chi connectivity index (χ3n) is 4.83. The number of carboxylic acid groups (broad SMARTS) is 1. The van der Waals surface area contributed by atoms with Crippen molar-refractivity contribution in [1.82, 2.24) is 0 Å². The molecule has 1 aromatic rings. The second-order valence-corrected chi connectivity index (χ2v) is 5.90. The Hall–Kier alpha value is -1.78. The van der Waals surface area contributed by atoms with Crippen LogP contribution in [0.5, 0.6) is 11.5 Å². The van der Waals surface area contributed by atoms with E-state index in [-0.39, 0.29) is 23.2 Å². The molecular weight excluding hydrogens is 275 g/mol. The first-order valence-corrected chi connectivity index (χ1v) is 7.32. The largest absolute Gasteiger partial charge is 0.496 e. The molecule has 21 heavy (non-hydrogen) atoms. The van der Waals surface area contributed by atoms with Crippen molar-refractivity contribution in [3.63, 3.8) is 0 Å². The predicted octanol–water partition coefficient (Wildman–Crippen LogP) is 3.35. The summed E-state index contributed by atoms with van der Waals surface area (Å²) in [5.41, 5.74) is -0.0801. The van der Waals surface area contributed by atoms with Crippen LogP contribution in [0.2, 0.25) is 0 Å². The molecule has 114 valence electrons. The van der Waals surface area contributed by atoms with Gasteiger partial charge < -0.3 is 14.6 Å². The summed E-state index contributed by atoms with van der Waals surface area (Å²) in [5.74, 6) is 0.502. The van der Waals surface area contributed by atoms with Gasteiger partial charge in [0.1, 0.15) is 11.3 Å². The van der Waals surface area contributed by atoms with E-state index < -0.39 is 11.8 Å². The highest BCUT2D eigenvalue weighted by Crippen LogP contribution is 2.59. The van der Waals surface area contributed by atoms with E-state index in [0.29, 0.717) is 11.8 Å². The number of carbonyl (C=O) groups is 1. The average Bonchev–Trinajstić information content (AvgIpc) is 2.93. The monoisotopic (exact) mass is 294 g/mol. The number of ether oxygens (including phenoxy) is 2. The van der Waals surface area contributed by atoms with Crippen LogP contribution in [-0.2, 0) is 0 Å². The molecule has 0 heterocycles. The Morgan fingerprint density at radius 3 is 2.52 bits per heavy atom. The quantitative estimate of drug-likeness (QED) is 0.905. The molecule has 0 radical (unpaired) electrons. The van der Waals surface area contributed by atoms with Crippen molar-refractivity contribution in [3.05, 3.63) is 23.5 Å². The van der Waals surface area contributed by atoms with Crippen molar-refractivity contribution >= 4 is 5.97 Å². The third-order valence-corrected chi connectivity index (χ3v) is 4.83. The van der Waals surface area contributed by atoms with E-state index in [4.69, 9.17) is 14.6 Å². The number of aromatic carboxylic acids is 1. The van der Waals surface area contributed by atoms with E-state index in [9.17, 15) is 9.18 Å². The maximum Gasteiger partial charge on any atom is 0.339 e. The standard InChI is InChI=1S/C16H19FO4/c1-3-9-10-4-8(5-11(9)10)21-15-6-12(16(18)19)14(20-2)7-13(15)17/h6-11H,3-5H2,1-2H3,(H,18,19)/t8-,9-,10-,11+. The van der Waals surface area contributed by atoms with Crippen LogP contribution in [0.3, 0.4) is 0 Å². The lowest BCUT2D eigenvalue weighted by atomic mass is 10.1. The minimum atomic E-state index is -1.16. The summed E-state index contributed by atoms with van der Waals surface area (Å²) in [7, 11) is 1.32. The van der Waals surface area contributed by atoms with Gasteiger partial charge in [0.15, 0.2) is 11.6 Å². The number of methoxy groups -OCH3 is 1. The first-order valence-electron chi connectivity index (χ1n) is 7.32. The molecule has 1 aromatic carbocycles. The highest BCUT2D eigenvalue weighted by molar-refractivity contribution is 5.91. The van der Waals surface area contributed by atoms with Gasteiger partial charge in [-0.15, -0.1) is 0 Å². The van der Waals surface area contributed by atoms with Gasteiger partial charge in [0.05, 0.1) is 13.2 Å². The summed E-state index contributed by atoms with van der Waals surface area (Å²) in [6, 6.07) is 2.29. The van der Waals surface area contributed by atoms with Gasteiger partial charge in [-0.25, -0.2) is 9.18 Å². The first-order chi connectivity index (χ1) is 10.0. The van der Waals surface area contributed by atoms with Crippen molar-refractivity contribution in [2.75, 3.05) is 7.11 Å². The number of halogens is 1. The molecule has 0 amide bonds. The molecule has 3 rings (SSSR count). The Balaban J connectivity index is 1.74. The van der Waals surface area contributed by atoms with Crippen molar-refractivity contribution in [3.8, 4) is 11.5 Å². The Labute approximate surface area is 122 Å². The zero-order valence-corrected chi connectivity index (χ0v) is 12.1. The normalized spacial score (nSPS) is 29.9. The zero-order chi connectivity index (χ0) is 15.1. The SMILES string of the molecule is CC[C@@H]1[C@H]2C[C@@H](Oc3cc(C(=O)O)c(OC)cc3F)C[C@@H]12. The number of carboxylic acids is 1. The molecule has 0 aliphatic heterocycles. The van der Waals surface area contributed by atoms with Crippen molar-refractivity contribution in [2.45, 2.75) is 32.3 Å². The maximum atomic E-state index is 14.0. The number of rotatable bonds is 5. The van der Waals surface area contributed by atoms with Crippen LogP contribution in [-0.4, -0.2) is 24.3 Å². The molecule has 2 fully saturated rings. The first kappa shape index (κ1) is 14.2. The van der Waals surface area contributed by atoms with Gasteiger partial charge in [-0.05, 0) is 30.6 Å². The summed E-state index contributed by atoms with van der Waals surface area (Å²) >= 11 is 0. The molecule has 0 bridgehead atoms. The van der Waals surface area contributed by atoms with Crippen LogP contribution in [0.25, 0.3) is 0 Å². The lowest BCUT2D eigenvalue weighted by Gasteiger charge is -2.18. The summed E-state index contributed by atoms with van der Waals surface area (Å²) in [6.07, 6.45) is 3.07. The van der Waals surface area contributed by atoms with E-state index in [2.05, 4.69) is 6.92 Å². The van der Waals surface area contributed by atoms with Crippen LogP contribution in [0.15, 0.2) is 12.1 Å². The second-order valence-electron chi connectivity index (χ2n) is 5.90. The summed E-state index contributed by atoms with van der Waals surface area (Å²) in [4.78, 5) is 11.2. The second kappa shape index (κ2) is 5.20. The Morgan fingerprint density at radius 2 is 2.00 bits per heavy atom. The van der Waals surface area contributed by atoms with Crippen LogP contribution >= 0.6 is 0 Å². The van der Waals surface area contributed by atoms with Gasteiger partial charge in [0.25, 0.3) is 0 Å². The van der Waals surface area contributed by atoms with Crippen molar-refractivity contribution < 1.29 is 23.8 Å². The number of hydrogen-bond donors (Lipinski definition) is 1. The van der Waals surface area contributed by atoms with Gasteiger partial charge >= 0.3 is 5.97 Å². The van der Waals surface area contributed by atoms with Gasteiger partial charge in [-0.3, -0.25) is 0 Å². The Kier molecular flexibility index (Phi) is 3.51. The summed E-state index contributed by atoms with van der Waals surface area (Å²) < 4.78 is 24.6. The fourth-order valence-corrected chi connectivity index (χ4v) is 3.77. The van der Waals surface area contributed by atoms with Gasteiger partial charge in [0, 0.05) is 12.1 Å². The van der Waals surface area contributed by atoms with Gasteiger partial charge in [-0.1, -0.05) is 13.3 Å². The lowest BCUT2D eigenvalue weighted by molar-refractivity contribution is 0.0692. The number of benzene rings is 1. The van der Waals surface area contributed by atoms with E-state index >= 15 is 0 Å². The number of hydrogen-bond acceptors (Lipinski definition) is 3. The molecule has 1 N–H and O–H groups in total. The Bertz CT molecular complexity index is 560. The molecule has 0 aromatic heterocycles. The molecular formula is C16H19FO4. The highest BCUT2D eigenvalue weighted by atomic mass is 19.1. The average molecular weight is 294 g/mol. The molecule has 2 aliphatic carbocycles. The molecule has 0 saturated heterocycles. The van der Waals surface area contributed by atoms with Crippen molar-refractivity contribution in [1.29, 1.82) is 0 Å². The minimum Gasteiger partial charge on any atom is -0.496 e. The third kappa shape index (κ3) is 2.45.